The average molecular weight is 412 g/mol. The van der Waals surface area contributed by atoms with Gasteiger partial charge in [-0.05, 0) is 0 Å². The van der Waals surface area contributed by atoms with Crippen LogP contribution in [-0.4, -0.2) is 21.8 Å². The summed E-state index contributed by atoms with van der Waals surface area (Å²) in [6.07, 6.45) is 0. The second-order valence-corrected chi connectivity index (χ2v) is 10.8. The third-order valence-corrected chi connectivity index (χ3v) is 9.82. The van der Waals surface area contributed by atoms with E-state index in [-0.39, 0.29) is 0 Å². The van der Waals surface area contributed by atoms with E-state index >= 15 is 0 Å². The molecule has 0 bridgehead atoms. The molecule has 0 fully saturated rings. The zero-order valence-corrected chi connectivity index (χ0v) is 17.1. The van der Waals surface area contributed by atoms with E-state index in [9.17, 15) is 0 Å². The van der Waals surface area contributed by atoms with Crippen LogP contribution in [0.4, 0.5) is 0 Å². The molecule has 132 valence electrons. The van der Waals surface area contributed by atoms with Crippen molar-refractivity contribution >= 4 is 27.7 Å². The first-order valence-electron chi connectivity index (χ1n) is 9.01. The number of rotatable bonds is 5. The van der Waals surface area contributed by atoms with Crippen LogP contribution in [0.1, 0.15) is 0 Å². The molecule has 1 nitrogen and oxygen atoms in total. The molecule has 0 radical (unpaired) electrons. The molecule has 0 saturated carbocycles. The zero-order valence-electron chi connectivity index (χ0n) is 15.2. The van der Waals surface area contributed by atoms with E-state index < -0.39 is 14.7 Å². The molecule has 27 heavy (non-hydrogen) atoms. The minimum atomic E-state index is -1.69. The fourth-order valence-corrected chi connectivity index (χ4v) is 8.52. The monoisotopic (exact) mass is 412 g/mol. The fraction of sp³-hybridized carbons (Fsp3) is 0.0400. The molecule has 0 amide bonds. The number of hydrogen-bond acceptors (Lipinski definition) is 1. The van der Waals surface area contributed by atoms with Crippen LogP contribution in [-0.2, 0) is 0 Å². The van der Waals surface area contributed by atoms with Gasteiger partial charge >= 0.3 is 166 Å². The first kappa shape index (κ1) is 17.6. The molecule has 4 aromatic carbocycles. The first-order valence-corrected chi connectivity index (χ1v) is 11.8. The second-order valence-electron chi connectivity index (χ2n) is 6.22. The van der Waals surface area contributed by atoms with Crippen LogP contribution in [0.15, 0.2) is 109 Å². The SMILES string of the molecule is COc1ccccc1-c1ccccc1[As](c1ccccc1)c1ccccc1. The molecule has 0 N–H and O–H groups in total. The molecule has 0 aliphatic rings. The number of benzene rings is 4. The van der Waals surface area contributed by atoms with Crippen molar-refractivity contribution in [3.05, 3.63) is 109 Å². The van der Waals surface area contributed by atoms with Gasteiger partial charge in [0.25, 0.3) is 0 Å². The Morgan fingerprint density at radius 2 is 1.00 bits per heavy atom. The normalized spacial score (nSPS) is 10.7. The van der Waals surface area contributed by atoms with E-state index in [1.165, 1.54) is 18.6 Å². The molecule has 2 heteroatoms. The summed E-state index contributed by atoms with van der Waals surface area (Å²) in [5.41, 5.74) is 2.42. The third-order valence-electron chi connectivity index (χ3n) is 4.57. The molecule has 0 spiro atoms. The Bertz CT molecular complexity index is 973. The molecule has 4 aromatic rings. The first-order chi connectivity index (χ1) is 13.4. The second kappa shape index (κ2) is 8.29. The van der Waals surface area contributed by atoms with Crippen LogP contribution in [0.3, 0.4) is 0 Å². The van der Waals surface area contributed by atoms with Crippen molar-refractivity contribution in [3.63, 3.8) is 0 Å². The fourth-order valence-electron chi connectivity index (χ4n) is 3.34. The van der Waals surface area contributed by atoms with Crippen LogP contribution >= 0.6 is 0 Å². The van der Waals surface area contributed by atoms with Crippen molar-refractivity contribution in [1.29, 1.82) is 0 Å². The standard InChI is InChI=1S/C25H21AsO/c1-27-25-19-11-9-17-23(25)22-16-8-10-18-24(22)26(20-12-4-2-5-13-20)21-14-6-3-7-15-21/h2-19H,1H3. The van der Waals surface area contributed by atoms with Crippen LogP contribution < -0.4 is 17.8 Å². The Kier molecular flexibility index (Phi) is 5.42. The van der Waals surface area contributed by atoms with E-state index in [1.54, 1.807) is 7.11 Å². The van der Waals surface area contributed by atoms with E-state index in [4.69, 9.17) is 4.74 Å². The quantitative estimate of drug-likeness (QED) is 0.452. The molecule has 4 rings (SSSR count). The van der Waals surface area contributed by atoms with Crippen molar-refractivity contribution in [3.8, 4) is 16.9 Å². The van der Waals surface area contributed by atoms with Gasteiger partial charge in [0.15, 0.2) is 0 Å². The summed E-state index contributed by atoms with van der Waals surface area (Å²) in [4.78, 5) is 0. The van der Waals surface area contributed by atoms with Crippen molar-refractivity contribution < 1.29 is 4.74 Å². The Balaban J connectivity index is 1.95. The van der Waals surface area contributed by atoms with Crippen LogP contribution in [0.2, 0.25) is 0 Å². The number of methoxy groups -OCH3 is 1. The maximum absolute atomic E-state index is 5.66. The summed E-state index contributed by atoms with van der Waals surface area (Å²) in [5, 5.41) is 0. The van der Waals surface area contributed by atoms with Gasteiger partial charge in [-0.2, -0.15) is 0 Å². The van der Waals surface area contributed by atoms with E-state index in [1.807, 2.05) is 12.1 Å². The molecule has 0 aromatic heterocycles. The van der Waals surface area contributed by atoms with Gasteiger partial charge in [0.1, 0.15) is 0 Å². The Morgan fingerprint density at radius 1 is 0.519 bits per heavy atom. The van der Waals surface area contributed by atoms with E-state index in [0.29, 0.717) is 0 Å². The Hall–Kier alpha value is -2.76. The van der Waals surface area contributed by atoms with Gasteiger partial charge in [0.2, 0.25) is 0 Å². The summed E-state index contributed by atoms with van der Waals surface area (Å²) >= 11 is -1.69. The topological polar surface area (TPSA) is 9.23 Å². The van der Waals surface area contributed by atoms with Gasteiger partial charge in [0, 0.05) is 0 Å². The van der Waals surface area contributed by atoms with E-state index in [0.717, 1.165) is 11.3 Å². The summed E-state index contributed by atoms with van der Waals surface area (Å²) in [5.74, 6) is 0.917. The number of ether oxygens (including phenoxy) is 1. The summed E-state index contributed by atoms with van der Waals surface area (Å²) in [6, 6.07) is 38.9. The zero-order chi connectivity index (χ0) is 18.5. The minimum absolute atomic E-state index is 0.917. The average Bonchev–Trinajstić information content (AvgIpc) is 2.76. The van der Waals surface area contributed by atoms with E-state index in [2.05, 4.69) is 97.1 Å². The number of hydrogen-bond donors (Lipinski definition) is 0. The predicted molar refractivity (Wildman–Crippen MR) is 116 cm³/mol. The van der Waals surface area contributed by atoms with Gasteiger partial charge in [-0.25, -0.2) is 0 Å². The molecule has 0 heterocycles. The van der Waals surface area contributed by atoms with Gasteiger partial charge in [-0.1, -0.05) is 0 Å². The molecular formula is C25H21AsO. The van der Waals surface area contributed by atoms with Crippen LogP contribution in [0, 0.1) is 0 Å². The Labute approximate surface area is 165 Å². The van der Waals surface area contributed by atoms with Gasteiger partial charge in [0.05, 0.1) is 0 Å². The van der Waals surface area contributed by atoms with Crippen LogP contribution in [0.5, 0.6) is 5.75 Å². The molecule has 0 saturated heterocycles. The Morgan fingerprint density at radius 3 is 1.59 bits per heavy atom. The van der Waals surface area contributed by atoms with Crippen LogP contribution in [0.25, 0.3) is 11.1 Å². The molecule has 0 aliphatic heterocycles. The van der Waals surface area contributed by atoms with Crippen molar-refractivity contribution in [1.82, 2.24) is 0 Å². The molecule has 0 unspecified atom stereocenters. The third kappa shape index (κ3) is 3.70. The van der Waals surface area contributed by atoms with Gasteiger partial charge < -0.3 is 0 Å². The molecule has 0 aliphatic carbocycles. The van der Waals surface area contributed by atoms with Gasteiger partial charge in [-0.3, -0.25) is 0 Å². The van der Waals surface area contributed by atoms with Gasteiger partial charge in [-0.15, -0.1) is 0 Å². The van der Waals surface area contributed by atoms with Crippen molar-refractivity contribution in [2.45, 2.75) is 0 Å². The predicted octanol–water partition coefficient (Wildman–Crippen LogP) is 3.88. The number of para-hydroxylation sites is 1. The summed E-state index contributed by atoms with van der Waals surface area (Å²) < 4.78 is 9.94. The molecular weight excluding hydrogens is 391 g/mol. The molecule has 0 atom stereocenters. The maximum atomic E-state index is 5.66. The summed E-state index contributed by atoms with van der Waals surface area (Å²) in [6.45, 7) is 0. The van der Waals surface area contributed by atoms with Crippen molar-refractivity contribution in [2.75, 3.05) is 7.11 Å². The summed E-state index contributed by atoms with van der Waals surface area (Å²) in [7, 11) is 1.74. The van der Waals surface area contributed by atoms with Crippen molar-refractivity contribution in [2.24, 2.45) is 0 Å².